The lowest BCUT2D eigenvalue weighted by Crippen LogP contribution is -2.73. The molecule has 2 aliphatic heterocycles. The van der Waals surface area contributed by atoms with Gasteiger partial charge < -0.3 is 29.5 Å². The number of carbonyl (C=O) groups is 2. The molecule has 2 aromatic carbocycles. The van der Waals surface area contributed by atoms with Gasteiger partial charge in [0.15, 0.2) is 11.5 Å². The van der Waals surface area contributed by atoms with Gasteiger partial charge in [-0.3, -0.25) is 19.2 Å². The Hall–Kier alpha value is -3.10. The number of amides is 2. The number of hydrogen-bond donors (Lipinski definition) is 3. The largest absolute Gasteiger partial charge is 0.493 e. The molecule has 0 radical (unpaired) electrons. The third kappa shape index (κ3) is 8.88. The van der Waals surface area contributed by atoms with Crippen LogP contribution >= 0.6 is 12.4 Å². The van der Waals surface area contributed by atoms with E-state index in [4.69, 9.17) is 14.2 Å². The molecule has 2 saturated heterocycles. The smallest absolute Gasteiger partial charge is 0.246 e. The van der Waals surface area contributed by atoms with Gasteiger partial charge in [0.25, 0.3) is 0 Å². The quantitative estimate of drug-likeness (QED) is 0.303. The number of nitrogens with one attached hydrogen (secondary N) is 2. The summed E-state index contributed by atoms with van der Waals surface area (Å²) in [6.07, 6.45) is 6.62. The van der Waals surface area contributed by atoms with Crippen LogP contribution in [-0.2, 0) is 30.9 Å². The Morgan fingerprint density at radius 3 is 2.28 bits per heavy atom. The summed E-state index contributed by atoms with van der Waals surface area (Å²) in [6.45, 7) is 2.63. The molecule has 260 valence electrons. The Morgan fingerprint density at radius 2 is 1.66 bits per heavy atom. The van der Waals surface area contributed by atoms with E-state index in [1.165, 1.54) is 7.11 Å². The van der Waals surface area contributed by atoms with Gasteiger partial charge in [0, 0.05) is 45.8 Å². The minimum absolute atomic E-state index is 0. The second-order valence-corrected chi connectivity index (χ2v) is 14.5. The maximum atomic E-state index is 13.8. The number of ether oxygens (including phenoxy) is 3. The van der Waals surface area contributed by atoms with Crippen molar-refractivity contribution in [2.24, 2.45) is 0 Å². The predicted octanol–water partition coefficient (Wildman–Crippen LogP) is 3.67. The van der Waals surface area contributed by atoms with E-state index >= 15 is 0 Å². The molecule has 0 aromatic heterocycles. The highest BCUT2D eigenvalue weighted by Gasteiger charge is 2.54. The van der Waals surface area contributed by atoms with Gasteiger partial charge in [0.2, 0.25) is 21.8 Å². The zero-order valence-electron chi connectivity index (χ0n) is 27.3. The predicted molar refractivity (Wildman–Crippen MR) is 181 cm³/mol. The minimum atomic E-state index is -3.42. The first-order chi connectivity index (χ1) is 21.9. The topological polar surface area (TPSA) is 147 Å². The van der Waals surface area contributed by atoms with Crippen molar-refractivity contribution < 1.29 is 37.3 Å². The van der Waals surface area contributed by atoms with Gasteiger partial charge in [-0.15, -0.1) is 12.4 Å². The number of rotatable bonds is 12. The Bertz CT molecular complexity index is 1490. The van der Waals surface area contributed by atoms with Gasteiger partial charge in [0.05, 0.1) is 31.3 Å². The van der Waals surface area contributed by atoms with Crippen molar-refractivity contribution in [2.75, 3.05) is 51.4 Å². The molecular formula is C33H47ClN4O8S. The van der Waals surface area contributed by atoms with Crippen LogP contribution in [0.2, 0.25) is 0 Å². The summed E-state index contributed by atoms with van der Waals surface area (Å²) in [5.41, 5.74) is -0.397. The standard InChI is InChI=1S/C33H46N4O8S.ClH/c1-43-20-19-37-30(38)27(22-32(40)13-5-4-6-14-32)34-31(39)33(37)15-17-36(18-16-33)23-24-7-10-26(11-8-24)45-28-12-9-25(21-29(28)44-2)35-46(3,41)42;/h7-12,21,27,35,40H,4-6,13-20,22-23H2,1-3H3,(H,34,39);1H/t27-;/m1./s1. The molecule has 3 fully saturated rings. The van der Waals surface area contributed by atoms with Gasteiger partial charge in [-0.1, -0.05) is 31.4 Å². The molecule has 12 nitrogen and oxygen atoms in total. The number of benzene rings is 2. The number of carbonyl (C=O) groups excluding carboxylic acids is 2. The van der Waals surface area contributed by atoms with E-state index in [1.807, 2.05) is 24.3 Å². The van der Waals surface area contributed by atoms with Crippen LogP contribution in [0.4, 0.5) is 5.69 Å². The van der Waals surface area contributed by atoms with E-state index in [1.54, 1.807) is 30.2 Å². The second kappa shape index (κ2) is 15.4. The van der Waals surface area contributed by atoms with E-state index in [9.17, 15) is 23.1 Å². The number of likely N-dealkylation sites (tertiary alicyclic amines) is 1. The zero-order chi connectivity index (χ0) is 33.0. The molecule has 3 aliphatic rings. The fraction of sp³-hybridized carbons (Fsp3) is 0.576. The van der Waals surface area contributed by atoms with Crippen molar-refractivity contribution in [3.05, 3.63) is 48.0 Å². The van der Waals surface area contributed by atoms with Gasteiger partial charge >= 0.3 is 0 Å². The molecule has 1 saturated carbocycles. The Labute approximate surface area is 283 Å². The average Bonchev–Trinajstić information content (AvgIpc) is 3.02. The summed E-state index contributed by atoms with van der Waals surface area (Å²) >= 11 is 0. The number of hydrogen-bond acceptors (Lipinski definition) is 9. The minimum Gasteiger partial charge on any atom is -0.493 e. The maximum Gasteiger partial charge on any atom is 0.246 e. The van der Waals surface area contributed by atoms with Crippen LogP contribution in [0.3, 0.4) is 0 Å². The van der Waals surface area contributed by atoms with Gasteiger partial charge in [-0.2, -0.15) is 0 Å². The van der Waals surface area contributed by atoms with Crippen molar-refractivity contribution in [2.45, 2.75) is 75.1 Å². The number of methoxy groups -OCH3 is 2. The van der Waals surface area contributed by atoms with Crippen molar-refractivity contribution in [3.8, 4) is 17.2 Å². The van der Waals surface area contributed by atoms with Crippen molar-refractivity contribution >= 4 is 39.9 Å². The Balaban J connectivity index is 0.00000500. The number of piperazine rings is 1. The van der Waals surface area contributed by atoms with E-state index in [-0.39, 0.29) is 30.6 Å². The lowest BCUT2D eigenvalue weighted by molar-refractivity contribution is -0.164. The highest BCUT2D eigenvalue weighted by molar-refractivity contribution is 7.92. The molecular weight excluding hydrogens is 648 g/mol. The molecule has 1 atom stereocenters. The van der Waals surface area contributed by atoms with Crippen molar-refractivity contribution in [1.82, 2.24) is 15.1 Å². The average molecular weight is 695 g/mol. The van der Waals surface area contributed by atoms with E-state index < -0.39 is 27.2 Å². The maximum absolute atomic E-state index is 13.8. The Kier molecular flexibility index (Phi) is 12.0. The van der Waals surface area contributed by atoms with Crippen LogP contribution in [0.15, 0.2) is 42.5 Å². The number of anilines is 1. The number of nitrogens with zero attached hydrogens (tertiary/aromatic N) is 2. The lowest BCUT2D eigenvalue weighted by atomic mass is 9.77. The summed E-state index contributed by atoms with van der Waals surface area (Å²) < 4.78 is 42.3. The van der Waals surface area contributed by atoms with Gasteiger partial charge in [0.1, 0.15) is 17.3 Å². The molecule has 3 N–H and O–H groups in total. The summed E-state index contributed by atoms with van der Waals surface area (Å²) in [4.78, 5) is 31.5. The zero-order valence-corrected chi connectivity index (χ0v) is 29.0. The van der Waals surface area contributed by atoms with Gasteiger partial charge in [-0.05, 0) is 55.5 Å². The van der Waals surface area contributed by atoms with Crippen molar-refractivity contribution in [3.63, 3.8) is 0 Å². The second-order valence-electron chi connectivity index (χ2n) is 12.8. The summed E-state index contributed by atoms with van der Waals surface area (Å²) in [5, 5.41) is 14.2. The van der Waals surface area contributed by atoms with Crippen LogP contribution in [0.5, 0.6) is 17.2 Å². The van der Waals surface area contributed by atoms with Crippen LogP contribution in [0.25, 0.3) is 0 Å². The molecule has 1 aliphatic carbocycles. The highest BCUT2D eigenvalue weighted by atomic mass is 35.5. The molecule has 5 rings (SSSR count). The number of piperidine rings is 1. The molecule has 2 heterocycles. The summed E-state index contributed by atoms with van der Waals surface area (Å²) in [5.74, 6) is 1.18. The molecule has 0 bridgehead atoms. The van der Waals surface area contributed by atoms with E-state index in [2.05, 4.69) is 14.9 Å². The third-order valence-electron chi connectivity index (χ3n) is 9.40. The monoisotopic (exact) mass is 694 g/mol. The number of halogens is 1. The fourth-order valence-corrected chi connectivity index (χ4v) is 7.53. The van der Waals surface area contributed by atoms with Crippen LogP contribution in [-0.4, -0.2) is 99.0 Å². The fourth-order valence-electron chi connectivity index (χ4n) is 6.97. The summed E-state index contributed by atoms with van der Waals surface area (Å²) in [6, 6.07) is 11.8. The van der Waals surface area contributed by atoms with Crippen LogP contribution in [0, 0.1) is 0 Å². The number of sulfonamides is 1. The molecule has 2 amide bonds. The molecule has 14 heteroatoms. The van der Waals surface area contributed by atoms with Crippen molar-refractivity contribution in [1.29, 1.82) is 0 Å². The third-order valence-corrected chi connectivity index (χ3v) is 10.0. The van der Waals surface area contributed by atoms with E-state index in [0.717, 1.165) is 31.1 Å². The van der Waals surface area contributed by atoms with Gasteiger partial charge in [-0.25, -0.2) is 8.42 Å². The van der Waals surface area contributed by atoms with Crippen LogP contribution < -0.4 is 19.5 Å². The number of aliphatic hydroxyl groups is 1. The lowest BCUT2D eigenvalue weighted by Gasteiger charge is -2.52. The van der Waals surface area contributed by atoms with E-state index in [0.29, 0.717) is 81.4 Å². The first-order valence-electron chi connectivity index (χ1n) is 15.9. The first-order valence-corrected chi connectivity index (χ1v) is 17.8. The summed E-state index contributed by atoms with van der Waals surface area (Å²) in [7, 11) is -0.342. The van der Waals surface area contributed by atoms with Crippen LogP contribution in [0.1, 0.15) is 56.9 Å². The molecule has 0 unspecified atom stereocenters. The molecule has 2 aromatic rings. The first kappa shape index (κ1) is 36.7. The molecule has 1 spiro atoms. The normalized spacial score (nSPS) is 21.1. The molecule has 47 heavy (non-hydrogen) atoms. The highest BCUT2D eigenvalue weighted by Crippen LogP contribution is 2.38. The Morgan fingerprint density at radius 1 is 0.979 bits per heavy atom. The SMILES string of the molecule is COCCN1C(=O)[C@@H](CC2(O)CCCCC2)NC(=O)C12CCN(Cc1ccc(Oc3ccc(NS(C)(=O)=O)cc3OC)cc1)CC2.Cl.